The molecule has 0 atom stereocenters. The van der Waals surface area contributed by atoms with E-state index in [0.29, 0.717) is 35.6 Å². The number of nitrogens with two attached hydrogens (primary N) is 1. The molecule has 0 aliphatic carbocycles. The summed E-state index contributed by atoms with van der Waals surface area (Å²) >= 11 is 5.81. The first-order valence-electron chi connectivity index (χ1n) is 7.96. The average molecular weight is 374 g/mol. The van der Waals surface area contributed by atoms with Crippen LogP contribution in [0, 0.1) is 5.82 Å². The van der Waals surface area contributed by atoms with E-state index < -0.39 is 11.8 Å². The third kappa shape index (κ3) is 3.47. The van der Waals surface area contributed by atoms with Crippen molar-refractivity contribution in [3.05, 3.63) is 64.2 Å². The molecule has 3 rings (SSSR count). The predicted octanol–water partition coefficient (Wildman–Crippen LogP) is 3.74. The van der Waals surface area contributed by atoms with E-state index in [2.05, 4.69) is 4.98 Å². The molecule has 0 aliphatic rings. The Morgan fingerprint density at radius 2 is 2.15 bits per heavy atom. The molecule has 0 fully saturated rings. The maximum atomic E-state index is 14.1. The average Bonchev–Trinajstić information content (AvgIpc) is 2.99. The number of ether oxygens (including phenoxy) is 1. The minimum Gasteiger partial charge on any atom is -0.465 e. The van der Waals surface area contributed by atoms with Gasteiger partial charge < -0.3 is 15.0 Å². The van der Waals surface area contributed by atoms with Crippen LogP contribution in [0.25, 0.3) is 23.2 Å². The number of fused-ring (bicyclic) bond motifs is 1. The number of rotatable bonds is 5. The van der Waals surface area contributed by atoms with Crippen LogP contribution in [0.1, 0.15) is 21.7 Å². The molecule has 134 valence electrons. The van der Waals surface area contributed by atoms with Gasteiger partial charge in [-0.05, 0) is 36.4 Å². The zero-order valence-electron chi connectivity index (χ0n) is 14.1. The van der Waals surface area contributed by atoms with E-state index in [1.165, 1.54) is 13.2 Å². The largest absolute Gasteiger partial charge is 0.465 e. The number of hydrogen-bond donors (Lipinski definition) is 1. The second kappa shape index (κ2) is 7.68. The van der Waals surface area contributed by atoms with Gasteiger partial charge in [0.05, 0.1) is 28.7 Å². The van der Waals surface area contributed by atoms with Crippen molar-refractivity contribution >= 4 is 40.8 Å². The van der Waals surface area contributed by atoms with Crippen molar-refractivity contribution < 1.29 is 13.9 Å². The van der Waals surface area contributed by atoms with Crippen LogP contribution in [0.4, 0.5) is 4.39 Å². The highest BCUT2D eigenvalue weighted by Crippen LogP contribution is 2.22. The number of halogens is 2. The summed E-state index contributed by atoms with van der Waals surface area (Å²) in [6, 6.07) is 9.90. The summed E-state index contributed by atoms with van der Waals surface area (Å²) < 4.78 is 20.7. The zero-order chi connectivity index (χ0) is 18.7. The standard InChI is InChI=1S/C19H17ClFN3O2/c1-26-19(25)13-5-7-15-16(11-13)24(10-9-22)17(23-15)8-6-12-3-2-4-14(20)18(12)21/h2-8,11H,9-10,22H2,1H3/b8-6+. The lowest BCUT2D eigenvalue weighted by molar-refractivity contribution is 0.0601. The van der Waals surface area contributed by atoms with E-state index in [9.17, 15) is 9.18 Å². The molecule has 3 aromatic rings. The predicted molar refractivity (Wildman–Crippen MR) is 100 cm³/mol. The Kier molecular flexibility index (Phi) is 5.35. The van der Waals surface area contributed by atoms with E-state index in [1.54, 1.807) is 42.5 Å². The van der Waals surface area contributed by atoms with E-state index in [4.69, 9.17) is 22.1 Å². The number of aromatic nitrogens is 2. The van der Waals surface area contributed by atoms with Gasteiger partial charge in [-0.3, -0.25) is 0 Å². The van der Waals surface area contributed by atoms with Gasteiger partial charge in [-0.2, -0.15) is 0 Å². The third-order valence-corrected chi connectivity index (χ3v) is 4.24. The van der Waals surface area contributed by atoms with Gasteiger partial charge >= 0.3 is 5.97 Å². The highest BCUT2D eigenvalue weighted by molar-refractivity contribution is 6.30. The van der Waals surface area contributed by atoms with Crippen molar-refractivity contribution in [1.82, 2.24) is 9.55 Å². The normalized spacial score (nSPS) is 11.4. The first kappa shape index (κ1) is 18.1. The van der Waals surface area contributed by atoms with Crippen LogP contribution < -0.4 is 5.73 Å². The summed E-state index contributed by atoms with van der Waals surface area (Å²) in [4.78, 5) is 16.3. The van der Waals surface area contributed by atoms with Crippen LogP contribution in [-0.2, 0) is 11.3 Å². The van der Waals surface area contributed by atoms with Crippen LogP contribution >= 0.6 is 11.6 Å². The molecular weight excluding hydrogens is 357 g/mol. The SMILES string of the molecule is COC(=O)c1ccc2nc(/C=C/c3cccc(Cl)c3F)n(CCN)c2c1. The van der Waals surface area contributed by atoms with Crippen molar-refractivity contribution in [3.8, 4) is 0 Å². The van der Waals surface area contributed by atoms with Gasteiger partial charge in [0.2, 0.25) is 0 Å². The van der Waals surface area contributed by atoms with Crippen molar-refractivity contribution in [3.63, 3.8) is 0 Å². The van der Waals surface area contributed by atoms with E-state index >= 15 is 0 Å². The Labute approximate surface area is 154 Å². The van der Waals surface area contributed by atoms with Gasteiger partial charge in [-0.15, -0.1) is 0 Å². The van der Waals surface area contributed by atoms with Crippen LogP contribution in [-0.4, -0.2) is 29.2 Å². The van der Waals surface area contributed by atoms with Crippen molar-refractivity contribution in [2.24, 2.45) is 5.73 Å². The van der Waals surface area contributed by atoms with Crippen LogP contribution in [0.2, 0.25) is 5.02 Å². The summed E-state index contributed by atoms with van der Waals surface area (Å²) in [6.07, 6.45) is 3.30. The van der Waals surface area contributed by atoms with Crippen LogP contribution in [0.3, 0.4) is 0 Å². The number of carbonyl (C=O) groups excluding carboxylic acids is 1. The molecule has 0 bridgehead atoms. The molecule has 1 aromatic heterocycles. The highest BCUT2D eigenvalue weighted by atomic mass is 35.5. The Morgan fingerprint density at radius 3 is 2.88 bits per heavy atom. The smallest absolute Gasteiger partial charge is 0.337 e. The number of methoxy groups -OCH3 is 1. The fourth-order valence-corrected chi connectivity index (χ4v) is 2.87. The second-order valence-corrected chi connectivity index (χ2v) is 5.99. The molecule has 2 aromatic carbocycles. The fourth-order valence-electron chi connectivity index (χ4n) is 2.69. The van der Waals surface area contributed by atoms with Crippen LogP contribution in [0.5, 0.6) is 0 Å². The maximum absolute atomic E-state index is 14.1. The monoisotopic (exact) mass is 373 g/mol. The molecule has 2 N–H and O–H groups in total. The van der Waals surface area contributed by atoms with E-state index in [0.717, 1.165) is 5.52 Å². The molecule has 26 heavy (non-hydrogen) atoms. The summed E-state index contributed by atoms with van der Waals surface area (Å²) in [6.45, 7) is 0.888. The highest BCUT2D eigenvalue weighted by Gasteiger charge is 2.13. The van der Waals surface area contributed by atoms with E-state index in [1.807, 2.05) is 4.57 Å². The third-order valence-electron chi connectivity index (χ3n) is 3.94. The molecule has 0 spiro atoms. The van der Waals surface area contributed by atoms with Gasteiger partial charge in [0.15, 0.2) is 0 Å². The lowest BCUT2D eigenvalue weighted by Gasteiger charge is -2.06. The number of hydrogen-bond acceptors (Lipinski definition) is 4. The minimum atomic E-state index is -0.486. The molecule has 0 aliphatic heterocycles. The first-order valence-corrected chi connectivity index (χ1v) is 8.33. The minimum absolute atomic E-state index is 0.0605. The Balaban J connectivity index is 2.07. The van der Waals surface area contributed by atoms with Gasteiger partial charge in [0.25, 0.3) is 0 Å². The second-order valence-electron chi connectivity index (χ2n) is 5.58. The summed E-state index contributed by atoms with van der Waals surface area (Å²) in [5, 5.41) is 0.0605. The topological polar surface area (TPSA) is 70.1 Å². The molecule has 0 amide bonds. The molecule has 5 nitrogen and oxygen atoms in total. The Bertz CT molecular complexity index is 998. The van der Waals surface area contributed by atoms with Gasteiger partial charge in [-0.1, -0.05) is 23.7 Å². The van der Waals surface area contributed by atoms with Gasteiger partial charge in [-0.25, -0.2) is 14.2 Å². The molecule has 0 saturated heterocycles. The number of imidazole rings is 1. The molecule has 7 heteroatoms. The van der Waals surface area contributed by atoms with Gasteiger partial charge in [0, 0.05) is 18.7 Å². The molecule has 1 heterocycles. The summed E-state index contributed by atoms with van der Waals surface area (Å²) in [5.74, 6) is -0.308. The van der Waals surface area contributed by atoms with Crippen molar-refractivity contribution in [2.45, 2.75) is 6.54 Å². The van der Waals surface area contributed by atoms with Crippen molar-refractivity contribution in [1.29, 1.82) is 0 Å². The van der Waals surface area contributed by atoms with Gasteiger partial charge in [0.1, 0.15) is 11.6 Å². The molecule has 0 saturated carbocycles. The van der Waals surface area contributed by atoms with Crippen LogP contribution in [0.15, 0.2) is 36.4 Å². The zero-order valence-corrected chi connectivity index (χ0v) is 14.8. The Hall–Kier alpha value is -2.70. The fraction of sp³-hybridized carbons (Fsp3) is 0.158. The lowest BCUT2D eigenvalue weighted by atomic mass is 10.2. The lowest BCUT2D eigenvalue weighted by Crippen LogP contribution is -2.11. The number of benzene rings is 2. The quantitative estimate of drug-likeness (QED) is 0.691. The van der Waals surface area contributed by atoms with E-state index in [-0.39, 0.29) is 5.02 Å². The molecule has 0 unspecified atom stereocenters. The van der Waals surface area contributed by atoms with Crippen molar-refractivity contribution in [2.75, 3.05) is 13.7 Å². The number of nitrogens with zero attached hydrogens (tertiary/aromatic N) is 2. The summed E-state index contributed by atoms with van der Waals surface area (Å²) in [7, 11) is 1.33. The number of carbonyl (C=O) groups is 1. The molecule has 0 radical (unpaired) electrons. The summed E-state index contributed by atoms with van der Waals surface area (Å²) in [5.41, 5.74) is 7.96. The molecular formula is C19H17ClFN3O2. The first-order chi connectivity index (χ1) is 12.5. The number of esters is 1. The Morgan fingerprint density at radius 1 is 1.35 bits per heavy atom. The maximum Gasteiger partial charge on any atom is 0.337 e.